The van der Waals surface area contributed by atoms with Gasteiger partial charge in [0, 0.05) is 43.3 Å². The van der Waals surface area contributed by atoms with E-state index in [1.807, 2.05) is 11.8 Å². The van der Waals surface area contributed by atoms with Crippen molar-refractivity contribution >= 4 is 40.6 Å². The monoisotopic (exact) mass is 434 g/mol. The molecule has 3 amide bonds. The third-order valence-electron chi connectivity index (χ3n) is 4.76. The highest BCUT2D eigenvalue weighted by atomic mass is 35.5. The summed E-state index contributed by atoms with van der Waals surface area (Å²) >= 11 is 7.48. The molecule has 1 saturated heterocycles. The fraction of sp³-hybridized carbons (Fsp3) is 0.476. The molecule has 2 aromatic rings. The lowest BCUT2D eigenvalue weighted by atomic mass is 10.1. The van der Waals surface area contributed by atoms with Crippen molar-refractivity contribution in [1.29, 1.82) is 0 Å². The van der Waals surface area contributed by atoms with Gasteiger partial charge in [-0.1, -0.05) is 31.5 Å². The van der Waals surface area contributed by atoms with Crippen molar-refractivity contribution in [1.82, 2.24) is 14.8 Å². The summed E-state index contributed by atoms with van der Waals surface area (Å²) in [6.07, 6.45) is 1.63. The second-order valence-electron chi connectivity index (χ2n) is 7.69. The summed E-state index contributed by atoms with van der Waals surface area (Å²) in [4.78, 5) is 34.5. The number of carbonyl (C=O) groups excluding carboxylic acids is 2. The molecule has 0 atom stereocenters. The maximum atomic E-state index is 13.0. The molecule has 0 radical (unpaired) electrons. The number of halogens is 1. The van der Waals surface area contributed by atoms with Gasteiger partial charge in [-0.2, -0.15) is 0 Å². The van der Waals surface area contributed by atoms with Crippen LogP contribution in [0.3, 0.4) is 0 Å². The molecule has 0 aliphatic carbocycles. The number of rotatable bonds is 4. The highest BCUT2D eigenvalue weighted by molar-refractivity contribution is 7.13. The van der Waals surface area contributed by atoms with Crippen LogP contribution in [0.5, 0.6) is 0 Å². The van der Waals surface area contributed by atoms with Gasteiger partial charge in [0.1, 0.15) is 4.88 Å². The van der Waals surface area contributed by atoms with Gasteiger partial charge in [0.15, 0.2) is 0 Å². The number of nitrogens with one attached hydrogen (secondary N) is 1. The fourth-order valence-corrected chi connectivity index (χ4v) is 4.76. The average Bonchev–Trinajstić information content (AvgIpc) is 2.86. The molecule has 2 heterocycles. The topological polar surface area (TPSA) is 65.5 Å². The van der Waals surface area contributed by atoms with Crippen molar-refractivity contribution in [2.75, 3.05) is 31.5 Å². The molecule has 29 heavy (non-hydrogen) atoms. The maximum absolute atomic E-state index is 13.0. The molecule has 0 unspecified atom stereocenters. The lowest BCUT2D eigenvalue weighted by molar-refractivity contribution is 0.0766. The van der Waals surface area contributed by atoms with Crippen molar-refractivity contribution in [2.45, 2.75) is 33.6 Å². The Hall–Kier alpha value is -2.12. The summed E-state index contributed by atoms with van der Waals surface area (Å²) in [5.41, 5.74) is 1.47. The highest BCUT2D eigenvalue weighted by Gasteiger charge is 2.25. The van der Waals surface area contributed by atoms with Gasteiger partial charge in [-0.15, -0.1) is 11.3 Å². The first kappa shape index (κ1) is 21.6. The Morgan fingerprint density at radius 2 is 1.93 bits per heavy atom. The van der Waals surface area contributed by atoms with E-state index >= 15 is 0 Å². The third-order valence-corrected chi connectivity index (χ3v) is 6.17. The van der Waals surface area contributed by atoms with E-state index in [2.05, 4.69) is 24.1 Å². The van der Waals surface area contributed by atoms with Crippen LogP contribution in [0, 0.1) is 12.8 Å². The van der Waals surface area contributed by atoms with Gasteiger partial charge < -0.3 is 15.1 Å². The van der Waals surface area contributed by atoms with Crippen LogP contribution in [0.1, 0.15) is 40.6 Å². The minimum atomic E-state index is -0.172. The zero-order valence-corrected chi connectivity index (χ0v) is 18.6. The molecule has 1 fully saturated rings. The molecule has 1 N–H and O–H groups in total. The number of anilines is 1. The Kier molecular flexibility index (Phi) is 7.14. The molecule has 8 heteroatoms. The number of urea groups is 1. The van der Waals surface area contributed by atoms with Crippen LogP contribution in [0.2, 0.25) is 5.02 Å². The standard InChI is InChI=1S/C21H27ClN4O2S/c1-14(2)12-18-23-15(3)19(29-18)20(27)25-8-5-9-26(11-10-25)21(28)24-17-7-4-6-16(22)13-17/h4,6-7,13-14H,5,8-12H2,1-3H3,(H,24,28). The van der Waals surface area contributed by atoms with Gasteiger partial charge in [0.2, 0.25) is 0 Å². The number of thiazole rings is 1. The maximum Gasteiger partial charge on any atom is 0.321 e. The summed E-state index contributed by atoms with van der Waals surface area (Å²) in [5.74, 6) is 0.528. The minimum absolute atomic E-state index is 0.0205. The molecule has 3 rings (SSSR count). The molecule has 6 nitrogen and oxygen atoms in total. The number of hydrogen-bond acceptors (Lipinski definition) is 4. The van der Waals surface area contributed by atoms with Crippen LogP contribution in [-0.2, 0) is 6.42 Å². The minimum Gasteiger partial charge on any atom is -0.336 e. The van der Waals surface area contributed by atoms with Crippen LogP contribution in [0.4, 0.5) is 10.5 Å². The molecule has 1 aliphatic heterocycles. The van der Waals surface area contributed by atoms with E-state index in [0.29, 0.717) is 42.8 Å². The summed E-state index contributed by atoms with van der Waals surface area (Å²) in [5, 5.41) is 4.47. The van der Waals surface area contributed by atoms with Crippen molar-refractivity contribution in [3.8, 4) is 0 Å². The van der Waals surface area contributed by atoms with E-state index in [0.717, 1.165) is 28.4 Å². The van der Waals surface area contributed by atoms with Crippen molar-refractivity contribution < 1.29 is 9.59 Å². The van der Waals surface area contributed by atoms with Crippen molar-refractivity contribution in [3.05, 3.63) is 44.9 Å². The first-order valence-electron chi connectivity index (χ1n) is 9.90. The highest BCUT2D eigenvalue weighted by Crippen LogP contribution is 2.23. The Bertz CT molecular complexity index is 883. The van der Waals surface area contributed by atoms with Gasteiger partial charge in [0.25, 0.3) is 5.91 Å². The molecule has 1 aliphatic rings. The molecule has 156 valence electrons. The Morgan fingerprint density at radius 3 is 2.66 bits per heavy atom. The summed E-state index contributed by atoms with van der Waals surface area (Å²) in [7, 11) is 0. The normalized spacial score (nSPS) is 14.8. The largest absolute Gasteiger partial charge is 0.336 e. The summed E-state index contributed by atoms with van der Waals surface area (Å²) in [6.45, 7) is 8.45. The van der Waals surface area contributed by atoms with E-state index in [4.69, 9.17) is 11.6 Å². The van der Waals surface area contributed by atoms with Crippen LogP contribution in [0.15, 0.2) is 24.3 Å². The zero-order chi connectivity index (χ0) is 21.0. The Balaban J connectivity index is 1.61. The van der Waals surface area contributed by atoms with Gasteiger partial charge in [0.05, 0.1) is 10.7 Å². The zero-order valence-electron chi connectivity index (χ0n) is 17.1. The van der Waals surface area contributed by atoms with Gasteiger partial charge in [-0.05, 0) is 37.5 Å². The first-order chi connectivity index (χ1) is 13.8. The number of carbonyl (C=O) groups is 2. The van der Waals surface area contributed by atoms with Crippen LogP contribution in [0.25, 0.3) is 0 Å². The lowest BCUT2D eigenvalue weighted by Crippen LogP contribution is -2.39. The van der Waals surface area contributed by atoms with Gasteiger partial charge in [-0.3, -0.25) is 4.79 Å². The number of aromatic nitrogens is 1. The molecular formula is C21H27ClN4O2S. The van der Waals surface area contributed by atoms with E-state index in [1.54, 1.807) is 29.2 Å². The predicted molar refractivity (Wildman–Crippen MR) is 118 cm³/mol. The van der Waals surface area contributed by atoms with E-state index < -0.39 is 0 Å². The number of hydrogen-bond donors (Lipinski definition) is 1. The molecule has 0 spiro atoms. The van der Waals surface area contributed by atoms with Crippen LogP contribution < -0.4 is 5.32 Å². The fourth-order valence-electron chi connectivity index (χ4n) is 3.32. The second-order valence-corrected chi connectivity index (χ2v) is 9.21. The smallest absolute Gasteiger partial charge is 0.321 e. The summed E-state index contributed by atoms with van der Waals surface area (Å²) in [6, 6.07) is 6.91. The number of aryl methyl sites for hydroxylation is 1. The average molecular weight is 435 g/mol. The first-order valence-corrected chi connectivity index (χ1v) is 11.1. The van der Waals surface area contributed by atoms with Crippen LogP contribution in [-0.4, -0.2) is 52.9 Å². The van der Waals surface area contributed by atoms with Gasteiger partial charge >= 0.3 is 6.03 Å². The molecular weight excluding hydrogens is 408 g/mol. The van der Waals surface area contributed by atoms with Crippen molar-refractivity contribution in [2.24, 2.45) is 5.92 Å². The molecule has 0 bridgehead atoms. The number of nitrogens with zero attached hydrogens (tertiary/aromatic N) is 3. The van der Waals surface area contributed by atoms with Gasteiger partial charge in [-0.25, -0.2) is 9.78 Å². The second kappa shape index (κ2) is 9.59. The van der Waals surface area contributed by atoms with E-state index in [-0.39, 0.29) is 11.9 Å². The molecule has 1 aromatic heterocycles. The van der Waals surface area contributed by atoms with Crippen LogP contribution >= 0.6 is 22.9 Å². The summed E-state index contributed by atoms with van der Waals surface area (Å²) < 4.78 is 0. The van der Waals surface area contributed by atoms with E-state index in [9.17, 15) is 9.59 Å². The SMILES string of the molecule is Cc1nc(CC(C)C)sc1C(=O)N1CCCN(C(=O)Nc2cccc(Cl)c2)CC1. The lowest BCUT2D eigenvalue weighted by Gasteiger charge is -2.22. The number of benzene rings is 1. The Labute approximate surface area is 180 Å². The van der Waals surface area contributed by atoms with E-state index in [1.165, 1.54) is 11.3 Å². The predicted octanol–water partition coefficient (Wildman–Crippen LogP) is 4.68. The quantitative estimate of drug-likeness (QED) is 0.759. The van der Waals surface area contributed by atoms with Crippen molar-refractivity contribution in [3.63, 3.8) is 0 Å². The number of amides is 3. The Morgan fingerprint density at radius 1 is 1.21 bits per heavy atom. The molecule has 0 saturated carbocycles. The molecule has 1 aromatic carbocycles. The third kappa shape index (κ3) is 5.70.